The summed E-state index contributed by atoms with van der Waals surface area (Å²) < 4.78 is 0. The molecule has 3 nitrogen and oxygen atoms in total. The highest BCUT2D eigenvalue weighted by Gasteiger charge is 2.38. The molecule has 0 unspecified atom stereocenters. The van der Waals surface area contributed by atoms with Crippen molar-refractivity contribution in [1.82, 2.24) is 15.2 Å². The van der Waals surface area contributed by atoms with Gasteiger partial charge in [0.1, 0.15) is 0 Å². The lowest BCUT2D eigenvalue weighted by molar-refractivity contribution is 0.194. The van der Waals surface area contributed by atoms with Crippen molar-refractivity contribution in [1.29, 1.82) is 0 Å². The number of halogens is 1. The van der Waals surface area contributed by atoms with Gasteiger partial charge in [0, 0.05) is 30.6 Å². The molecule has 0 aliphatic carbocycles. The number of nitrogens with one attached hydrogen (secondary N) is 1. The standard InChI is InChI=1S/C16H27N3S.ClH/c1-13(2)9-15-18-10-14(20-15)11-19-8-5-16(12-19)3-6-17-7-4-16;/h10,13,17H,3-9,11-12H2,1-2H3;1H. The van der Waals surface area contributed by atoms with E-state index in [0.717, 1.165) is 13.0 Å². The fourth-order valence-electron chi connectivity index (χ4n) is 3.61. The number of piperidine rings is 1. The van der Waals surface area contributed by atoms with E-state index < -0.39 is 0 Å². The zero-order valence-electron chi connectivity index (χ0n) is 13.2. The van der Waals surface area contributed by atoms with Crippen LogP contribution < -0.4 is 5.32 Å². The topological polar surface area (TPSA) is 28.2 Å². The third-order valence-electron chi connectivity index (χ3n) is 4.75. The normalized spacial score (nSPS) is 21.9. The van der Waals surface area contributed by atoms with Crippen molar-refractivity contribution >= 4 is 23.7 Å². The number of rotatable bonds is 4. The summed E-state index contributed by atoms with van der Waals surface area (Å²) in [4.78, 5) is 8.69. The molecule has 0 saturated carbocycles. The fourth-order valence-corrected chi connectivity index (χ4v) is 4.79. The first kappa shape index (κ1) is 17.2. The highest BCUT2D eigenvalue weighted by Crippen LogP contribution is 2.39. The summed E-state index contributed by atoms with van der Waals surface area (Å²) in [6.45, 7) is 10.7. The second kappa shape index (κ2) is 7.40. The van der Waals surface area contributed by atoms with Crippen LogP contribution >= 0.6 is 23.7 Å². The van der Waals surface area contributed by atoms with E-state index >= 15 is 0 Å². The summed E-state index contributed by atoms with van der Waals surface area (Å²) in [7, 11) is 0. The van der Waals surface area contributed by atoms with E-state index in [1.165, 1.54) is 55.3 Å². The van der Waals surface area contributed by atoms with E-state index in [9.17, 15) is 0 Å². The highest BCUT2D eigenvalue weighted by atomic mass is 35.5. The summed E-state index contributed by atoms with van der Waals surface area (Å²) in [6.07, 6.45) is 7.36. The Hall–Kier alpha value is -0.160. The van der Waals surface area contributed by atoms with E-state index in [-0.39, 0.29) is 12.4 Å². The summed E-state index contributed by atoms with van der Waals surface area (Å²) in [5, 5.41) is 4.81. The molecular weight excluding hydrogens is 302 g/mol. The molecule has 0 amide bonds. The molecule has 2 aliphatic heterocycles. The van der Waals surface area contributed by atoms with Gasteiger partial charge in [-0.15, -0.1) is 23.7 Å². The molecule has 1 aromatic heterocycles. The largest absolute Gasteiger partial charge is 0.317 e. The molecule has 3 heterocycles. The molecule has 2 aliphatic rings. The molecule has 1 aromatic rings. The van der Waals surface area contributed by atoms with Crippen LogP contribution in [-0.4, -0.2) is 36.1 Å². The van der Waals surface area contributed by atoms with Gasteiger partial charge in [-0.25, -0.2) is 4.98 Å². The van der Waals surface area contributed by atoms with Gasteiger partial charge in [0.05, 0.1) is 5.01 Å². The Labute approximate surface area is 138 Å². The Bertz CT molecular complexity index is 440. The molecule has 3 rings (SSSR count). The van der Waals surface area contributed by atoms with Crippen molar-refractivity contribution in [3.8, 4) is 0 Å². The van der Waals surface area contributed by atoms with Crippen LogP contribution in [0.3, 0.4) is 0 Å². The van der Waals surface area contributed by atoms with Crippen LogP contribution in [0.25, 0.3) is 0 Å². The Morgan fingerprint density at radius 2 is 2.10 bits per heavy atom. The summed E-state index contributed by atoms with van der Waals surface area (Å²) in [5.41, 5.74) is 0.622. The lowest BCUT2D eigenvalue weighted by atomic mass is 9.78. The second-order valence-electron chi connectivity index (χ2n) is 7.03. The van der Waals surface area contributed by atoms with Gasteiger partial charge in [0.25, 0.3) is 0 Å². The van der Waals surface area contributed by atoms with Crippen LogP contribution in [0.15, 0.2) is 6.20 Å². The Balaban J connectivity index is 0.00000161. The third-order valence-corrected chi connectivity index (χ3v) is 5.75. The monoisotopic (exact) mass is 329 g/mol. The lowest BCUT2D eigenvalue weighted by Gasteiger charge is -2.33. The van der Waals surface area contributed by atoms with E-state index in [4.69, 9.17) is 0 Å². The van der Waals surface area contributed by atoms with Crippen molar-refractivity contribution in [3.05, 3.63) is 16.1 Å². The maximum atomic E-state index is 4.58. The maximum Gasteiger partial charge on any atom is 0.0930 e. The molecule has 5 heteroatoms. The first-order valence-electron chi connectivity index (χ1n) is 8.02. The average Bonchev–Trinajstić information content (AvgIpc) is 2.99. The Kier molecular flexibility index (Phi) is 6.06. The number of aromatic nitrogens is 1. The molecular formula is C16H28ClN3S. The van der Waals surface area contributed by atoms with Gasteiger partial charge in [0.2, 0.25) is 0 Å². The molecule has 21 heavy (non-hydrogen) atoms. The van der Waals surface area contributed by atoms with Crippen molar-refractivity contribution < 1.29 is 0 Å². The molecule has 2 fully saturated rings. The van der Waals surface area contributed by atoms with E-state index in [1.807, 2.05) is 11.3 Å². The number of thiazole rings is 1. The smallest absolute Gasteiger partial charge is 0.0930 e. The molecule has 0 atom stereocenters. The van der Waals surface area contributed by atoms with Crippen LogP contribution in [0, 0.1) is 11.3 Å². The van der Waals surface area contributed by atoms with E-state index in [0.29, 0.717) is 11.3 Å². The Morgan fingerprint density at radius 3 is 2.81 bits per heavy atom. The van der Waals surface area contributed by atoms with Crippen LogP contribution in [0.4, 0.5) is 0 Å². The summed E-state index contributed by atoms with van der Waals surface area (Å²) in [6, 6.07) is 0. The minimum absolute atomic E-state index is 0. The van der Waals surface area contributed by atoms with Gasteiger partial charge in [-0.3, -0.25) is 4.90 Å². The van der Waals surface area contributed by atoms with Crippen molar-refractivity contribution in [2.24, 2.45) is 11.3 Å². The SMILES string of the molecule is CC(C)Cc1ncc(CN2CCC3(CCNCC3)C2)s1.Cl. The predicted octanol–water partition coefficient (Wildman–Crippen LogP) is 3.34. The number of likely N-dealkylation sites (tertiary alicyclic amines) is 1. The number of nitrogens with zero attached hydrogens (tertiary/aromatic N) is 2. The van der Waals surface area contributed by atoms with Crippen molar-refractivity contribution in [2.45, 2.75) is 46.1 Å². The van der Waals surface area contributed by atoms with E-state index in [2.05, 4.69) is 35.2 Å². The maximum absolute atomic E-state index is 4.58. The van der Waals surface area contributed by atoms with Crippen LogP contribution in [0.2, 0.25) is 0 Å². The zero-order valence-corrected chi connectivity index (χ0v) is 14.9. The summed E-state index contributed by atoms with van der Waals surface area (Å²) in [5.74, 6) is 0.707. The Morgan fingerprint density at radius 1 is 1.33 bits per heavy atom. The average molecular weight is 330 g/mol. The lowest BCUT2D eigenvalue weighted by Crippen LogP contribution is -2.38. The quantitative estimate of drug-likeness (QED) is 0.918. The van der Waals surface area contributed by atoms with Gasteiger partial charge >= 0.3 is 0 Å². The highest BCUT2D eigenvalue weighted by molar-refractivity contribution is 7.11. The molecule has 0 radical (unpaired) electrons. The summed E-state index contributed by atoms with van der Waals surface area (Å²) >= 11 is 1.92. The van der Waals surface area contributed by atoms with Crippen LogP contribution in [0.5, 0.6) is 0 Å². The first-order valence-corrected chi connectivity index (χ1v) is 8.84. The zero-order chi connectivity index (χ0) is 14.0. The third kappa shape index (κ3) is 4.41. The minimum atomic E-state index is 0. The molecule has 0 aromatic carbocycles. The molecule has 2 saturated heterocycles. The second-order valence-corrected chi connectivity index (χ2v) is 8.23. The minimum Gasteiger partial charge on any atom is -0.317 e. The molecule has 1 spiro atoms. The number of hydrogen-bond acceptors (Lipinski definition) is 4. The fraction of sp³-hybridized carbons (Fsp3) is 0.812. The van der Waals surface area contributed by atoms with Gasteiger partial charge in [-0.2, -0.15) is 0 Å². The van der Waals surface area contributed by atoms with Gasteiger partial charge in [-0.05, 0) is 50.2 Å². The van der Waals surface area contributed by atoms with Crippen LogP contribution in [0.1, 0.15) is 43.0 Å². The van der Waals surface area contributed by atoms with Crippen molar-refractivity contribution in [3.63, 3.8) is 0 Å². The molecule has 1 N–H and O–H groups in total. The van der Waals surface area contributed by atoms with Gasteiger partial charge in [-0.1, -0.05) is 13.8 Å². The molecule has 0 bridgehead atoms. The van der Waals surface area contributed by atoms with Crippen molar-refractivity contribution in [2.75, 3.05) is 26.2 Å². The molecule has 120 valence electrons. The van der Waals surface area contributed by atoms with E-state index in [1.54, 1.807) is 0 Å². The van der Waals surface area contributed by atoms with Gasteiger partial charge in [0.15, 0.2) is 0 Å². The van der Waals surface area contributed by atoms with Gasteiger partial charge < -0.3 is 5.32 Å². The predicted molar refractivity (Wildman–Crippen MR) is 92.3 cm³/mol. The van der Waals surface area contributed by atoms with Crippen LogP contribution in [-0.2, 0) is 13.0 Å². The number of hydrogen-bond donors (Lipinski definition) is 1. The first-order chi connectivity index (χ1) is 9.65.